The van der Waals surface area contributed by atoms with E-state index in [-0.39, 0.29) is 12.6 Å². The molecule has 0 aliphatic heterocycles. The van der Waals surface area contributed by atoms with Crippen molar-refractivity contribution in [1.82, 2.24) is 0 Å². The fourth-order valence-electron chi connectivity index (χ4n) is 1.11. The van der Waals surface area contributed by atoms with Gasteiger partial charge in [-0.15, -0.1) is 0 Å². The average molecular weight is 170 g/mol. The summed E-state index contributed by atoms with van der Waals surface area (Å²) in [5.74, 6) is 0.469. The van der Waals surface area contributed by atoms with Crippen molar-refractivity contribution >= 4 is 5.97 Å². The summed E-state index contributed by atoms with van der Waals surface area (Å²) >= 11 is 0. The molecule has 1 fully saturated rings. The maximum absolute atomic E-state index is 10.8. The molecule has 0 aromatic carbocycles. The van der Waals surface area contributed by atoms with Gasteiger partial charge in [-0.25, -0.2) is 4.79 Å². The molecule has 0 saturated heterocycles. The molecule has 0 unspecified atom stereocenters. The molecular formula is C9H14O3. The van der Waals surface area contributed by atoms with Gasteiger partial charge in [0, 0.05) is 12.7 Å². The van der Waals surface area contributed by atoms with Crippen molar-refractivity contribution in [3.63, 3.8) is 0 Å². The lowest BCUT2D eigenvalue weighted by Gasteiger charge is -1.93. The number of carbonyl (C=O) groups is 1. The van der Waals surface area contributed by atoms with E-state index < -0.39 is 0 Å². The lowest BCUT2D eigenvalue weighted by molar-refractivity contribution is -0.137. The third kappa shape index (κ3) is 2.66. The van der Waals surface area contributed by atoms with E-state index in [0.29, 0.717) is 18.4 Å². The van der Waals surface area contributed by atoms with Crippen molar-refractivity contribution in [2.75, 3.05) is 13.2 Å². The molecule has 1 N–H and O–H groups in total. The maximum atomic E-state index is 10.8. The Labute approximate surface area is 72.0 Å². The van der Waals surface area contributed by atoms with Gasteiger partial charge in [-0.2, -0.15) is 0 Å². The third-order valence-corrected chi connectivity index (χ3v) is 1.98. The number of ether oxygens (including phenoxy) is 1. The first-order chi connectivity index (χ1) is 5.77. The third-order valence-electron chi connectivity index (χ3n) is 1.98. The molecule has 3 heteroatoms. The Balaban J connectivity index is 2.18. The zero-order valence-corrected chi connectivity index (χ0v) is 7.19. The molecule has 0 aromatic heterocycles. The summed E-state index contributed by atoms with van der Waals surface area (Å²) in [5.41, 5.74) is 0. The normalized spacial score (nSPS) is 27.5. The summed E-state index contributed by atoms with van der Waals surface area (Å²) in [7, 11) is 0. The van der Waals surface area contributed by atoms with Crippen molar-refractivity contribution in [2.45, 2.75) is 13.3 Å². The van der Waals surface area contributed by atoms with Gasteiger partial charge in [0.05, 0.1) is 6.61 Å². The quantitative estimate of drug-likeness (QED) is 0.500. The van der Waals surface area contributed by atoms with Crippen LogP contribution in [0.3, 0.4) is 0 Å². The van der Waals surface area contributed by atoms with Crippen molar-refractivity contribution < 1.29 is 14.6 Å². The van der Waals surface area contributed by atoms with Crippen molar-refractivity contribution in [3.05, 3.63) is 12.2 Å². The highest BCUT2D eigenvalue weighted by atomic mass is 16.5. The summed E-state index contributed by atoms with van der Waals surface area (Å²) in [6.07, 6.45) is 4.26. The molecule has 0 amide bonds. The molecule has 0 bridgehead atoms. The van der Waals surface area contributed by atoms with Crippen LogP contribution >= 0.6 is 0 Å². The van der Waals surface area contributed by atoms with E-state index in [1.165, 1.54) is 6.08 Å². The molecule has 0 heterocycles. The number of allylic oxidation sites excluding steroid dienone is 1. The van der Waals surface area contributed by atoms with E-state index in [4.69, 9.17) is 9.84 Å². The lowest BCUT2D eigenvalue weighted by atomic mass is 10.3. The second-order valence-electron chi connectivity index (χ2n) is 2.95. The predicted molar refractivity (Wildman–Crippen MR) is 44.5 cm³/mol. The zero-order valence-electron chi connectivity index (χ0n) is 7.19. The zero-order chi connectivity index (χ0) is 8.97. The molecule has 1 saturated carbocycles. The first-order valence-corrected chi connectivity index (χ1v) is 4.23. The van der Waals surface area contributed by atoms with Crippen molar-refractivity contribution in [2.24, 2.45) is 11.8 Å². The number of hydrogen-bond acceptors (Lipinski definition) is 3. The minimum Gasteiger partial charge on any atom is -0.463 e. The van der Waals surface area contributed by atoms with Gasteiger partial charge in [-0.1, -0.05) is 6.08 Å². The highest BCUT2D eigenvalue weighted by molar-refractivity contribution is 5.81. The van der Waals surface area contributed by atoms with E-state index in [1.807, 2.05) is 6.08 Å². The van der Waals surface area contributed by atoms with E-state index in [9.17, 15) is 4.79 Å². The fourth-order valence-corrected chi connectivity index (χ4v) is 1.11. The van der Waals surface area contributed by atoms with Crippen LogP contribution in [0.25, 0.3) is 0 Å². The molecule has 0 aromatic rings. The summed E-state index contributed by atoms with van der Waals surface area (Å²) in [6, 6.07) is 0. The number of hydrogen-bond donors (Lipinski definition) is 1. The summed E-state index contributed by atoms with van der Waals surface area (Å²) in [4.78, 5) is 10.8. The standard InChI is InChI=1S/C9H14O3/c1-2-12-9(11)4-3-7-5-8(7)6-10/h3-4,7-8,10H,2,5-6H2,1H3/b4-3+/t7-,8-/m0/s1. The van der Waals surface area contributed by atoms with Gasteiger partial charge < -0.3 is 9.84 Å². The van der Waals surface area contributed by atoms with Gasteiger partial charge in [0.15, 0.2) is 0 Å². The Kier molecular flexibility index (Phi) is 3.29. The average Bonchev–Trinajstić information content (AvgIpc) is 2.80. The van der Waals surface area contributed by atoms with Gasteiger partial charge in [0.25, 0.3) is 0 Å². The Morgan fingerprint density at radius 3 is 3.00 bits per heavy atom. The smallest absolute Gasteiger partial charge is 0.330 e. The Hall–Kier alpha value is -0.830. The summed E-state index contributed by atoms with van der Waals surface area (Å²) in [5, 5.41) is 8.69. The topological polar surface area (TPSA) is 46.5 Å². The fraction of sp³-hybridized carbons (Fsp3) is 0.667. The molecule has 0 radical (unpaired) electrons. The Morgan fingerprint density at radius 1 is 1.75 bits per heavy atom. The van der Waals surface area contributed by atoms with Gasteiger partial charge in [0.1, 0.15) is 0 Å². The van der Waals surface area contributed by atoms with Crippen LogP contribution in [0.2, 0.25) is 0 Å². The predicted octanol–water partition coefficient (Wildman–Crippen LogP) is 0.734. The van der Waals surface area contributed by atoms with Crippen LogP contribution in [-0.2, 0) is 9.53 Å². The maximum Gasteiger partial charge on any atom is 0.330 e. The first kappa shape index (κ1) is 9.26. The SMILES string of the molecule is CCOC(=O)/C=C/[C@H]1C[C@H]1CO. The van der Waals surface area contributed by atoms with Crippen LogP contribution in [0.4, 0.5) is 0 Å². The number of aliphatic hydroxyl groups excluding tert-OH is 1. The number of aliphatic hydroxyl groups is 1. The van der Waals surface area contributed by atoms with Crippen LogP contribution in [0, 0.1) is 11.8 Å². The second kappa shape index (κ2) is 4.26. The Morgan fingerprint density at radius 2 is 2.50 bits per heavy atom. The van der Waals surface area contributed by atoms with Crippen LogP contribution in [-0.4, -0.2) is 24.3 Å². The molecule has 2 atom stereocenters. The van der Waals surface area contributed by atoms with E-state index in [1.54, 1.807) is 6.92 Å². The molecular weight excluding hydrogens is 156 g/mol. The lowest BCUT2D eigenvalue weighted by Crippen LogP contribution is -1.99. The van der Waals surface area contributed by atoms with E-state index in [0.717, 1.165) is 6.42 Å². The van der Waals surface area contributed by atoms with Gasteiger partial charge in [0.2, 0.25) is 0 Å². The molecule has 0 spiro atoms. The molecule has 1 aliphatic rings. The minimum absolute atomic E-state index is 0.220. The van der Waals surface area contributed by atoms with Crippen LogP contribution in [0.5, 0.6) is 0 Å². The van der Waals surface area contributed by atoms with Gasteiger partial charge in [-0.05, 0) is 25.2 Å². The van der Waals surface area contributed by atoms with Crippen molar-refractivity contribution in [1.29, 1.82) is 0 Å². The summed E-state index contributed by atoms with van der Waals surface area (Å²) < 4.78 is 4.70. The van der Waals surface area contributed by atoms with Crippen molar-refractivity contribution in [3.8, 4) is 0 Å². The molecule has 1 rings (SSSR count). The van der Waals surface area contributed by atoms with E-state index >= 15 is 0 Å². The Bertz CT molecular complexity index is 186. The number of esters is 1. The molecule has 3 nitrogen and oxygen atoms in total. The van der Waals surface area contributed by atoms with Crippen LogP contribution in [0.1, 0.15) is 13.3 Å². The van der Waals surface area contributed by atoms with E-state index in [2.05, 4.69) is 0 Å². The highest BCUT2D eigenvalue weighted by Gasteiger charge is 2.33. The minimum atomic E-state index is -0.291. The summed E-state index contributed by atoms with van der Waals surface area (Å²) in [6.45, 7) is 2.41. The largest absolute Gasteiger partial charge is 0.463 e. The first-order valence-electron chi connectivity index (χ1n) is 4.23. The molecule has 68 valence electrons. The number of rotatable bonds is 4. The monoisotopic (exact) mass is 170 g/mol. The highest BCUT2D eigenvalue weighted by Crippen LogP contribution is 2.38. The van der Waals surface area contributed by atoms with Crippen LogP contribution < -0.4 is 0 Å². The van der Waals surface area contributed by atoms with Gasteiger partial charge in [-0.3, -0.25) is 0 Å². The van der Waals surface area contributed by atoms with Gasteiger partial charge >= 0.3 is 5.97 Å². The van der Waals surface area contributed by atoms with Crippen LogP contribution in [0.15, 0.2) is 12.2 Å². The molecule has 12 heavy (non-hydrogen) atoms. The molecule has 1 aliphatic carbocycles. The second-order valence-corrected chi connectivity index (χ2v) is 2.95. The number of carbonyl (C=O) groups excluding carboxylic acids is 1.